The van der Waals surface area contributed by atoms with Crippen LogP contribution in [0.5, 0.6) is 0 Å². The van der Waals surface area contributed by atoms with Crippen molar-refractivity contribution in [3.8, 4) is 11.1 Å². The van der Waals surface area contributed by atoms with Crippen LogP contribution in [0.1, 0.15) is 31.7 Å². The largest absolute Gasteiger partial charge is 0.340 e. The van der Waals surface area contributed by atoms with Crippen LogP contribution in [0.3, 0.4) is 0 Å². The van der Waals surface area contributed by atoms with E-state index < -0.39 is 0 Å². The minimum Gasteiger partial charge on any atom is -0.340 e. The van der Waals surface area contributed by atoms with Crippen molar-refractivity contribution in [2.45, 2.75) is 38.6 Å². The first-order valence-electron chi connectivity index (χ1n) is 7.88. The zero-order chi connectivity index (χ0) is 15.4. The van der Waals surface area contributed by atoms with Gasteiger partial charge in [-0.2, -0.15) is 0 Å². The molecule has 1 amide bonds. The van der Waals surface area contributed by atoms with E-state index in [4.69, 9.17) is 0 Å². The summed E-state index contributed by atoms with van der Waals surface area (Å²) in [6.45, 7) is 3.05. The second-order valence-electron chi connectivity index (χ2n) is 5.93. The number of rotatable bonds is 3. The van der Waals surface area contributed by atoms with E-state index in [1.165, 1.54) is 12.7 Å². The molecule has 0 spiro atoms. The Labute approximate surface area is 131 Å². The molecule has 0 bridgehead atoms. The molecule has 4 nitrogen and oxygen atoms in total. The highest BCUT2D eigenvalue weighted by molar-refractivity contribution is 5.79. The molecule has 0 N–H and O–H groups in total. The van der Waals surface area contributed by atoms with E-state index >= 15 is 0 Å². The Morgan fingerprint density at radius 2 is 1.86 bits per heavy atom. The van der Waals surface area contributed by atoms with Crippen LogP contribution in [0.4, 0.5) is 0 Å². The zero-order valence-corrected chi connectivity index (χ0v) is 12.9. The SMILES string of the molecule is C[C@@H]1CCCCN1C(=O)Cc1ccc(-c2cncnc2)cc1. The van der Waals surface area contributed by atoms with Crippen molar-refractivity contribution >= 4 is 5.91 Å². The minimum absolute atomic E-state index is 0.239. The number of carbonyl (C=O) groups is 1. The summed E-state index contributed by atoms with van der Waals surface area (Å²) in [6, 6.07) is 8.48. The maximum Gasteiger partial charge on any atom is 0.227 e. The van der Waals surface area contributed by atoms with Gasteiger partial charge in [-0.05, 0) is 37.3 Å². The van der Waals surface area contributed by atoms with Crippen LogP contribution in [-0.4, -0.2) is 33.4 Å². The number of carbonyl (C=O) groups excluding carboxylic acids is 1. The fraction of sp³-hybridized carbons (Fsp3) is 0.389. The molecule has 1 atom stereocenters. The molecule has 2 aromatic rings. The van der Waals surface area contributed by atoms with Crippen molar-refractivity contribution < 1.29 is 4.79 Å². The quantitative estimate of drug-likeness (QED) is 0.874. The predicted molar refractivity (Wildman–Crippen MR) is 86.2 cm³/mol. The van der Waals surface area contributed by atoms with Gasteiger partial charge in [0.1, 0.15) is 6.33 Å². The Bertz CT molecular complexity index is 625. The standard InChI is InChI=1S/C18H21N3O/c1-14-4-2-3-9-21(14)18(22)10-15-5-7-16(8-6-15)17-11-19-13-20-12-17/h5-8,11-14H,2-4,9-10H2,1H3/t14-/m1/s1. The lowest BCUT2D eigenvalue weighted by atomic mass is 10.0. The van der Waals surface area contributed by atoms with E-state index in [-0.39, 0.29) is 5.91 Å². The summed E-state index contributed by atoms with van der Waals surface area (Å²) in [5.41, 5.74) is 3.12. The van der Waals surface area contributed by atoms with Crippen molar-refractivity contribution in [3.05, 3.63) is 48.5 Å². The molecule has 0 saturated carbocycles. The van der Waals surface area contributed by atoms with Gasteiger partial charge in [0.2, 0.25) is 5.91 Å². The van der Waals surface area contributed by atoms with Crippen LogP contribution < -0.4 is 0 Å². The molecule has 22 heavy (non-hydrogen) atoms. The fourth-order valence-corrected chi connectivity index (χ4v) is 3.01. The lowest BCUT2D eigenvalue weighted by Crippen LogP contribution is -2.42. The van der Waals surface area contributed by atoms with Gasteiger partial charge in [-0.1, -0.05) is 24.3 Å². The minimum atomic E-state index is 0.239. The Morgan fingerprint density at radius 3 is 2.55 bits per heavy atom. The molecular formula is C18H21N3O. The molecular weight excluding hydrogens is 274 g/mol. The van der Waals surface area contributed by atoms with Gasteiger partial charge in [-0.3, -0.25) is 4.79 Å². The lowest BCUT2D eigenvalue weighted by Gasteiger charge is -2.33. The number of hydrogen-bond acceptors (Lipinski definition) is 3. The van der Waals surface area contributed by atoms with Crippen LogP contribution in [0.15, 0.2) is 43.0 Å². The van der Waals surface area contributed by atoms with Crippen LogP contribution in [-0.2, 0) is 11.2 Å². The van der Waals surface area contributed by atoms with Gasteiger partial charge in [0.05, 0.1) is 6.42 Å². The fourth-order valence-electron chi connectivity index (χ4n) is 3.01. The molecule has 0 radical (unpaired) electrons. The maximum atomic E-state index is 12.4. The number of benzene rings is 1. The van der Waals surface area contributed by atoms with Gasteiger partial charge in [0.15, 0.2) is 0 Å². The van der Waals surface area contributed by atoms with Crippen molar-refractivity contribution in [1.82, 2.24) is 14.9 Å². The van der Waals surface area contributed by atoms with Crippen LogP contribution in [0.2, 0.25) is 0 Å². The normalized spacial score (nSPS) is 18.2. The van der Waals surface area contributed by atoms with E-state index in [0.29, 0.717) is 12.5 Å². The van der Waals surface area contributed by atoms with E-state index in [1.54, 1.807) is 12.4 Å². The first kappa shape index (κ1) is 14.7. The van der Waals surface area contributed by atoms with Gasteiger partial charge in [0, 0.05) is 30.5 Å². The average Bonchev–Trinajstić information content (AvgIpc) is 2.57. The zero-order valence-electron chi connectivity index (χ0n) is 12.9. The summed E-state index contributed by atoms with van der Waals surface area (Å²) >= 11 is 0. The second kappa shape index (κ2) is 6.69. The monoisotopic (exact) mass is 295 g/mol. The molecule has 0 unspecified atom stereocenters. The topological polar surface area (TPSA) is 46.1 Å². The molecule has 1 fully saturated rings. The molecule has 0 aliphatic carbocycles. The van der Waals surface area contributed by atoms with Crippen molar-refractivity contribution in [3.63, 3.8) is 0 Å². The third-order valence-corrected chi connectivity index (χ3v) is 4.33. The summed E-state index contributed by atoms with van der Waals surface area (Å²) < 4.78 is 0. The van der Waals surface area contributed by atoms with E-state index in [9.17, 15) is 4.79 Å². The lowest BCUT2D eigenvalue weighted by molar-refractivity contribution is -0.133. The van der Waals surface area contributed by atoms with E-state index in [0.717, 1.165) is 36.1 Å². The highest BCUT2D eigenvalue weighted by atomic mass is 16.2. The smallest absolute Gasteiger partial charge is 0.227 e. The van der Waals surface area contributed by atoms with Crippen molar-refractivity contribution in [2.75, 3.05) is 6.54 Å². The number of piperidine rings is 1. The summed E-state index contributed by atoms with van der Waals surface area (Å²) in [5.74, 6) is 0.239. The van der Waals surface area contributed by atoms with Gasteiger partial charge >= 0.3 is 0 Å². The maximum absolute atomic E-state index is 12.4. The average molecular weight is 295 g/mol. The Kier molecular flexibility index (Phi) is 4.47. The molecule has 4 heteroatoms. The molecule has 1 aliphatic heterocycles. The summed E-state index contributed by atoms with van der Waals surface area (Å²) in [6.07, 6.45) is 9.08. The number of likely N-dealkylation sites (tertiary alicyclic amines) is 1. The third kappa shape index (κ3) is 3.32. The van der Waals surface area contributed by atoms with Crippen molar-refractivity contribution in [2.24, 2.45) is 0 Å². The van der Waals surface area contributed by atoms with Crippen LogP contribution >= 0.6 is 0 Å². The number of hydrogen-bond donors (Lipinski definition) is 0. The summed E-state index contributed by atoms with van der Waals surface area (Å²) in [5, 5.41) is 0. The van der Waals surface area contributed by atoms with Gasteiger partial charge in [-0.15, -0.1) is 0 Å². The predicted octanol–water partition coefficient (Wildman–Crippen LogP) is 3.09. The number of nitrogens with zero attached hydrogens (tertiary/aromatic N) is 3. The number of aromatic nitrogens is 2. The van der Waals surface area contributed by atoms with Gasteiger partial charge in [-0.25, -0.2) is 9.97 Å². The third-order valence-electron chi connectivity index (χ3n) is 4.33. The molecule has 1 aliphatic rings. The Balaban J connectivity index is 1.67. The molecule has 1 aromatic carbocycles. The number of amides is 1. The molecule has 2 heterocycles. The van der Waals surface area contributed by atoms with Crippen LogP contribution in [0, 0.1) is 0 Å². The highest BCUT2D eigenvalue weighted by Gasteiger charge is 2.22. The van der Waals surface area contributed by atoms with E-state index in [2.05, 4.69) is 16.9 Å². The van der Waals surface area contributed by atoms with E-state index in [1.807, 2.05) is 29.2 Å². The molecule has 1 saturated heterocycles. The second-order valence-corrected chi connectivity index (χ2v) is 5.93. The van der Waals surface area contributed by atoms with Crippen molar-refractivity contribution in [1.29, 1.82) is 0 Å². The van der Waals surface area contributed by atoms with Crippen LogP contribution in [0.25, 0.3) is 11.1 Å². The van der Waals surface area contributed by atoms with Gasteiger partial charge in [0.25, 0.3) is 0 Å². The molecule has 3 rings (SSSR count). The summed E-state index contributed by atoms with van der Waals surface area (Å²) in [7, 11) is 0. The first-order chi connectivity index (χ1) is 10.7. The summed E-state index contributed by atoms with van der Waals surface area (Å²) in [4.78, 5) is 22.5. The Morgan fingerprint density at radius 1 is 1.14 bits per heavy atom. The molecule has 114 valence electrons. The first-order valence-corrected chi connectivity index (χ1v) is 7.88. The Hall–Kier alpha value is -2.23. The molecule has 1 aromatic heterocycles. The van der Waals surface area contributed by atoms with Gasteiger partial charge < -0.3 is 4.90 Å². The highest BCUT2D eigenvalue weighted by Crippen LogP contribution is 2.20.